The Balaban J connectivity index is 1.77. The summed E-state index contributed by atoms with van der Waals surface area (Å²) in [6.45, 7) is 0.933. The fraction of sp³-hybridized carbons (Fsp3) is 0.143. The van der Waals surface area contributed by atoms with Gasteiger partial charge in [0.1, 0.15) is 0 Å². The zero-order valence-corrected chi connectivity index (χ0v) is 14.5. The summed E-state index contributed by atoms with van der Waals surface area (Å²) in [7, 11) is 0. The standard InChI is InChI=1S/C21H18F3N3/c22-21(23,24)20-10-8-18(9-11-20)16-27(15-17-5-2-1-3-6-17)26-14-19-7-4-12-25-13-19/h1-14H,15-16H2/b26-14+. The Labute approximate surface area is 155 Å². The van der Waals surface area contributed by atoms with Crippen LogP contribution in [0.15, 0.2) is 84.2 Å². The van der Waals surface area contributed by atoms with E-state index in [2.05, 4.69) is 10.1 Å². The van der Waals surface area contributed by atoms with Gasteiger partial charge in [-0.3, -0.25) is 9.99 Å². The van der Waals surface area contributed by atoms with Crippen molar-refractivity contribution < 1.29 is 13.2 Å². The molecule has 1 aromatic heterocycles. The number of halogens is 3. The Morgan fingerprint density at radius 1 is 0.852 bits per heavy atom. The van der Waals surface area contributed by atoms with Crippen molar-refractivity contribution >= 4 is 6.21 Å². The molecule has 0 aliphatic heterocycles. The van der Waals surface area contributed by atoms with Crippen molar-refractivity contribution in [1.82, 2.24) is 9.99 Å². The van der Waals surface area contributed by atoms with E-state index in [0.29, 0.717) is 13.1 Å². The molecule has 2 aromatic carbocycles. The molecule has 0 fully saturated rings. The first-order valence-corrected chi connectivity index (χ1v) is 8.40. The van der Waals surface area contributed by atoms with Gasteiger partial charge in [0.2, 0.25) is 0 Å². The maximum atomic E-state index is 12.7. The van der Waals surface area contributed by atoms with Crippen LogP contribution < -0.4 is 0 Å². The quantitative estimate of drug-likeness (QED) is 0.445. The van der Waals surface area contributed by atoms with Crippen LogP contribution in [0.25, 0.3) is 0 Å². The maximum absolute atomic E-state index is 12.7. The first-order valence-electron chi connectivity index (χ1n) is 8.40. The first-order chi connectivity index (χ1) is 13.0. The second kappa shape index (κ2) is 8.49. The number of aromatic nitrogens is 1. The first kappa shape index (κ1) is 18.6. The smallest absolute Gasteiger partial charge is 0.288 e. The third-order valence-electron chi connectivity index (χ3n) is 3.91. The van der Waals surface area contributed by atoms with E-state index in [1.807, 2.05) is 47.5 Å². The largest absolute Gasteiger partial charge is 0.416 e. The van der Waals surface area contributed by atoms with Crippen LogP contribution in [0.4, 0.5) is 13.2 Å². The van der Waals surface area contributed by atoms with E-state index < -0.39 is 11.7 Å². The highest BCUT2D eigenvalue weighted by molar-refractivity contribution is 5.78. The van der Waals surface area contributed by atoms with Gasteiger partial charge in [0.25, 0.3) is 0 Å². The molecular formula is C21H18F3N3. The molecule has 0 atom stereocenters. The molecule has 0 radical (unpaired) electrons. The molecule has 1 heterocycles. The Kier molecular flexibility index (Phi) is 5.86. The summed E-state index contributed by atoms with van der Waals surface area (Å²) in [5, 5.41) is 6.31. The normalized spacial score (nSPS) is 11.7. The minimum Gasteiger partial charge on any atom is -0.288 e. The molecule has 0 bridgehead atoms. The van der Waals surface area contributed by atoms with Gasteiger partial charge in [-0.15, -0.1) is 0 Å². The summed E-state index contributed by atoms with van der Waals surface area (Å²) < 4.78 is 38.2. The van der Waals surface area contributed by atoms with Crippen molar-refractivity contribution in [2.24, 2.45) is 5.10 Å². The van der Waals surface area contributed by atoms with Crippen LogP contribution in [-0.4, -0.2) is 16.2 Å². The van der Waals surface area contributed by atoms with Gasteiger partial charge in [0.05, 0.1) is 24.9 Å². The molecule has 0 aliphatic rings. The lowest BCUT2D eigenvalue weighted by Gasteiger charge is -2.20. The Morgan fingerprint density at radius 2 is 1.52 bits per heavy atom. The van der Waals surface area contributed by atoms with E-state index in [0.717, 1.165) is 28.8 Å². The number of benzene rings is 2. The topological polar surface area (TPSA) is 28.5 Å². The lowest BCUT2D eigenvalue weighted by Crippen LogP contribution is -2.17. The average Bonchev–Trinajstić information content (AvgIpc) is 2.67. The predicted octanol–water partition coefficient (Wildman–Crippen LogP) is 5.14. The molecule has 138 valence electrons. The van der Waals surface area contributed by atoms with Gasteiger partial charge in [-0.2, -0.15) is 18.3 Å². The zero-order chi connectivity index (χ0) is 19.1. The van der Waals surface area contributed by atoms with Crippen molar-refractivity contribution in [2.75, 3.05) is 0 Å². The second-order valence-electron chi connectivity index (χ2n) is 6.03. The van der Waals surface area contributed by atoms with Gasteiger partial charge >= 0.3 is 6.18 Å². The molecule has 0 aliphatic carbocycles. The lowest BCUT2D eigenvalue weighted by atomic mass is 10.1. The molecular weight excluding hydrogens is 351 g/mol. The lowest BCUT2D eigenvalue weighted by molar-refractivity contribution is -0.137. The van der Waals surface area contributed by atoms with E-state index in [1.165, 1.54) is 12.1 Å². The van der Waals surface area contributed by atoms with E-state index in [1.54, 1.807) is 18.6 Å². The molecule has 0 saturated heterocycles. The van der Waals surface area contributed by atoms with Crippen molar-refractivity contribution in [2.45, 2.75) is 19.3 Å². The van der Waals surface area contributed by atoms with Crippen LogP contribution in [0.2, 0.25) is 0 Å². The maximum Gasteiger partial charge on any atom is 0.416 e. The van der Waals surface area contributed by atoms with Crippen LogP contribution in [-0.2, 0) is 19.3 Å². The third-order valence-corrected chi connectivity index (χ3v) is 3.91. The number of rotatable bonds is 6. The number of hydrogen-bond donors (Lipinski definition) is 0. The summed E-state index contributed by atoms with van der Waals surface area (Å²) in [6.07, 6.45) is 0.740. The second-order valence-corrected chi connectivity index (χ2v) is 6.03. The number of pyridine rings is 1. The average molecular weight is 369 g/mol. The Hall–Kier alpha value is -3.15. The predicted molar refractivity (Wildman–Crippen MR) is 99.0 cm³/mol. The minimum absolute atomic E-state index is 0.393. The molecule has 3 aromatic rings. The summed E-state index contributed by atoms with van der Waals surface area (Å²) >= 11 is 0. The zero-order valence-electron chi connectivity index (χ0n) is 14.5. The SMILES string of the molecule is FC(F)(F)c1ccc(CN(Cc2ccccc2)/N=C/c2cccnc2)cc1. The molecule has 27 heavy (non-hydrogen) atoms. The van der Waals surface area contributed by atoms with Crippen LogP contribution in [0, 0.1) is 0 Å². The van der Waals surface area contributed by atoms with Crippen molar-refractivity contribution in [3.05, 3.63) is 101 Å². The minimum atomic E-state index is -4.33. The van der Waals surface area contributed by atoms with Gasteiger partial charge < -0.3 is 0 Å². The number of hydrogen-bond acceptors (Lipinski definition) is 3. The van der Waals surface area contributed by atoms with Gasteiger partial charge in [-0.05, 0) is 29.3 Å². The summed E-state index contributed by atoms with van der Waals surface area (Å²) in [5.74, 6) is 0. The van der Waals surface area contributed by atoms with Crippen molar-refractivity contribution in [3.8, 4) is 0 Å². The number of nitrogens with zero attached hydrogens (tertiary/aromatic N) is 3. The van der Waals surface area contributed by atoms with E-state index in [9.17, 15) is 13.2 Å². The molecule has 0 amide bonds. The summed E-state index contributed by atoms with van der Waals surface area (Å²) in [5.41, 5.74) is 2.01. The molecule has 3 rings (SSSR count). The van der Waals surface area contributed by atoms with Gasteiger partial charge in [-0.1, -0.05) is 48.5 Å². The van der Waals surface area contributed by atoms with Crippen LogP contribution >= 0.6 is 0 Å². The van der Waals surface area contributed by atoms with Gasteiger partial charge in [0.15, 0.2) is 0 Å². The van der Waals surface area contributed by atoms with Crippen molar-refractivity contribution in [3.63, 3.8) is 0 Å². The van der Waals surface area contributed by atoms with Crippen LogP contribution in [0.5, 0.6) is 0 Å². The molecule has 3 nitrogen and oxygen atoms in total. The summed E-state index contributed by atoms with van der Waals surface area (Å²) in [4.78, 5) is 4.05. The molecule has 0 saturated carbocycles. The van der Waals surface area contributed by atoms with Crippen molar-refractivity contribution in [1.29, 1.82) is 0 Å². The monoisotopic (exact) mass is 369 g/mol. The fourth-order valence-corrected chi connectivity index (χ4v) is 2.54. The highest BCUT2D eigenvalue weighted by Gasteiger charge is 2.29. The van der Waals surface area contributed by atoms with Crippen LogP contribution in [0.1, 0.15) is 22.3 Å². The third kappa shape index (κ3) is 5.67. The van der Waals surface area contributed by atoms with E-state index in [4.69, 9.17) is 0 Å². The highest BCUT2D eigenvalue weighted by Crippen LogP contribution is 2.29. The Morgan fingerprint density at radius 3 is 2.11 bits per heavy atom. The van der Waals surface area contributed by atoms with Crippen LogP contribution in [0.3, 0.4) is 0 Å². The molecule has 0 unspecified atom stereocenters. The fourth-order valence-electron chi connectivity index (χ4n) is 2.54. The van der Waals surface area contributed by atoms with Gasteiger partial charge in [-0.25, -0.2) is 0 Å². The number of hydrazone groups is 1. The molecule has 0 spiro atoms. The van der Waals surface area contributed by atoms with Gasteiger partial charge in [0, 0.05) is 18.0 Å². The Bertz CT molecular complexity index is 861. The molecule has 6 heteroatoms. The molecule has 0 N–H and O–H groups in total. The van der Waals surface area contributed by atoms with E-state index >= 15 is 0 Å². The summed E-state index contributed by atoms with van der Waals surface area (Å²) in [6, 6.07) is 18.7. The van der Waals surface area contributed by atoms with E-state index in [-0.39, 0.29) is 0 Å². The highest BCUT2D eigenvalue weighted by atomic mass is 19.4. The number of alkyl halides is 3.